The summed E-state index contributed by atoms with van der Waals surface area (Å²) >= 11 is 3.19. The molecule has 0 aliphatic rings. The lowest BCUT2D eigenvalue weighted by atomic mass is 10.2. The highest BCUT2D eigenvalue weighted by molar-refractivity contribution is 7.99. The van der Waals surface area contributed by atoms with Crippen LogP contribution in [0.15, 0.2) is 71.2 Å². The van der Waals surface area contributed by atoms with Crippen LogP contribution in [0, 0.1) is 0 Å². The first kappa shape index (κ1) is 21.1. The number of para-hydroxylation sites is 1. The minimum atomic E-state index is -0.113. The number of benzene rings is 2. The molecule has 0 aliphatic heterocycles. The average Bonchev–Trinajstić information content (AvgIpc) is 3.40. The van der Waals surface area contributed by atoms with E-state index in [0.29, 0.717) is 5.82 Å². The minimum absolute atomic E-state index is 0.113. The Kier molecular flexibility index (Phi) is 6.96. The number of hydrogen-bond donors (Lipinski definition) is 2. The van der Waals surface area contributed by atoms with Gasteiger partial charge < -0.3 is 15.2 Å². The van der Waals surface area contributed by atoms with Gasteiger partial charge in [0.2, 0.25) is 5.91 Å². The summed E-state index contributed by atoms with van der Waals surface area (Å²) < 4.78 is 1.87. The predicted molar refractivity (Wildman–Crippen MR) is 127 cm³/mol. The summed E-state index contributed by atoms with van der Waals surface area (Å²) in [6.45, 7) is 0.753. The van der Waals surface area contributed by atoms with Gasteiger partial charge in [0.1, 0.15) is 5.82 Å². The van der Waals surface area contributed by atoms with Crippen molar-refractivity contribution in [3.8, 4) is 11.3 Å². The van der Waals surface area contributed by atoms with Gasteiger partial charge in [0.25, 0.3) is 0 Å². The normalized spacial score (nSPS) is 10.7. The first-order chi connectivity index (χ1) is 15.2. The lowest BCUT2D eigenvalue weighted by Gasteiger charge is -2.06. The van der Waals surface area contributed by atoms with Crippen LogP contribution in [0.5, 0.6) is 0 Å². The van der Waals surface area contributed by atoms with E-state index in [4.69, 9.17) is 0 Å². The number of thiazole rings is 1. The summed E-state index contributed by atoms with van der Waals surface area (Å²) in [5, 5.41) is 18.4. The molecule has 0 unspecified atom stereocenters. The number of thioether (sulfide) groups is 1. The van der Waals surface area contributed by atoms with Gasteiger partial charge in [-0.2, -0.15) is 0 Å². The predicted octanol–water partition coefficient (Wildman–Crippen LogP) is 4.32. The maximum atomic E-state index is 12.3. The van der Waals surface area contributed by atoms with Crippen molar-refractivity contribution in [2.24, 2.45) is 7.05 Å². The lowest BCUT2D eigenvalue weighted by molar-refractivity contribution is -0.115. The van der Waals surface area contributed by atoms with E-state index >= 15 is 0 Å². The van der Waals surface area contributed by atoms with Crippen molar-refractivity contribution in [1.82, 2.24) is 19.7 Å². The van der Waals surface area contributed by atoms with Gasteiger partial charge in [0, 0.05) is 36.0 Å². The van der Waals surface area contributed by atoms with Crippen LogP contribution in [-0.2, 0) is 18.3 Å². The molecule has 4 aromatic rings. The summed E-state index contributed by atoms with van der Waals surface area (Å²) in [5.74, 6) is 1.33. The van der Waals surface area contributed by atoms with Crippen LogP contribution < -0.4 is 10.6 Å². The van der Waals surface area contributed by atoms with Crippen LogP contribution in [-0.4, -0.2) is 38.0 Å². The zero-order chi connectivity index (χ0) is 21.5. The van der Waals surface area contributed by atoms with E-state index in [9.17, 15) is 4.79 Å². The van der Waals surface area contributed by atoms with E-state index in [2.05, 4.69) is 43.3 Å². The summed E-state index contributed by atoms with van der Waals surface area (Å²) in [5.41, 5.74) is 2.87. The number of carbonyl (C=O) groups is 1. The number of hydrogen-bond acceptors (Lipinski definition) is 7. The Bertz CT molecular complexity index is 1130. The molecule has 2 aromatic carbocycles. The Balaban J connectivity index is 1.24. The molecule has 2 N–H and O–H groups in total. The van der Waals surface area contributed by atoms with Crippen molar-refractivity contribution in [2.45, 2.75) is 11.6 Å². The molecule has 158 valence electrons. The van der Waals surface area contributed by atoms with Crippen LogP contribution in [0.1, 0.15) is 5.82 Å². The Morgan fingerprint density at radius 1 is 1.06 bits per heavy atom. The average molecular weight is 451 g/mol. The number of rotatable bonds is 9. The molecule has 2 heterocycles. The fourth-order valence-corrected chi connectivity index (χ4v) is 4.42. The van der Waals surface area contributed by atoms with Crippen LogP contribution >= 0.6 is 23.1 Å². The van der Waals surface area contributed by atoms with Crippen molar-refractivity contribution in [3.63, 3.8) is 0 Å². The van der Waals surface area contributed by atoms with Gasteiger partial charge in [-0.05, 0) is 12.1 Å². The number of anilines is 2. The van der Waals surface area contributed by atoms with E-state index in [1.54, 1.807) is 23.1 Å². The zero-order valence-electron chi connectivity index (χ0n) is 17.0. The Morgan fingerprint density at radius 2 is 1.81 bits per heavy atom. The standard InChI is InChI=1S/C22H22N6OS2/c1-28-19(14-20(29)24-17-10-6-3-7-11-17)26-27-22(28)30-13-12-23-21-25-18(15-31-21)16-8-4-2-5-9-16/h2-11,15H,12-14H2,1H3,(H,23,25)(H,24,29). The molecule has 0 spiro atoms. The van der Waals surface area contributed by atoms with Crippen LogP contribution in [0.2, 0.25) is 0 Å². The molecule has 9 heteroatoms. The molecule has 0 saturated heterocycles. The van der Waals surface area contributed by atoms with E-state index in [-0.39, 0.29) is 12.3 Å². The number of carbonyl (C=O) groups excluding carboxylic acids is 1. The maximum Gasteiger partial charge on any atom is 0.232 e. The fourth-order valence-electron chi connectivity index (χ4n) is 2.89. The monoisotopic (exact) mass is 450 g/mol. The highest BCUT2D eigenvalue weighted by Crippen LogP contribution is 2.24. The van der Waals surface area contributed by atoms with Gasteiger partial charge in [-0.3, -0.25) is 4.79 Å². The van der Waals surface area contributed by atoms with E-state index in [1.165, 1.54) is 0 Å². The van der Waals surface area contributed by atoms with E-state index < -0.39 is 0 Å². The van der Waals surface area contributed by atoms with E-state index in [1.807, 2.05) is 60.1 Å². The van der Waals surface area contributed by atoms with E-state index in [0.717, 1.165) is 39.5 Å². The summed E-state index contributed by atoms with van der Waals surface area (Å²) in [7, 11) is 1.88. The molecule has 0 saturated carbocycles. The third kappa shape index (κ3) is 5.71. The number of aromatic nitrogens is 4. The van der Waals surface area contributed by atoms with Gasteiger partial charge in [0.15, 0.2) is 10.3 Å². The quantitative estimate of drug-likeness (QED) is 0.292. The molecular formula is C22H22N6OS2. The molecular weight excluding hydrogens is 428 g/mol. The molecule has 0 aliphatic carbocycles. The molecule has 31 heavy (non-hydrogen) atoms. The highest BCUT2D eigenvalue weighted by Gasteiger charge is 2.13. The van der Waals surface area contributed by atoms with Gasteiger partial charge in [-0.15, -0.1) is 21.5 Å². The molecule has 0 atom stereocenters. The third-order valence-corrected chi connectivity index (χ3v) is 6.31. The molecule has 7 nitrogen and oxygen atoms in total. The van der Waals surface area contributed by atoms with Crippen molar-refractivity contribution < 1.29 is 4.79 Å². The number of nitrogens with one attached hydrogen (secondary N) is 2. The van der Waals surface area contributed by atoms with Gasteiger partial charge in [0.05, 0.1) is 12.1 Å². The second-order valence-electron chi connectivity index (χ2n) is 6.73. The molecule has 2 aromatic heterocycles. The Labute approximate surface area is 188 Å². The summed E-state index contributed by atoms with van der Waals surface area (Å²) in [6.07, 6.45) is 0.179. The summed E-state index contributed by atoms with van der Waals surface area (Å²) in [4.78, 5) is 16.9. The molecule has 0 bridgehead atoms. The molecule has 0 radical (unpaired) electrons. The van der Waals surface area contributed by atoms with Crippen LogP contribution in [0.3, 0.4) is 0 Å². The first-order valence-corrected chi connectivity index (χ1v) is 11.7. The first-order valence-electron chi connectivity index (χ1n) is 9.80. The van der Waals surface area contributed by atoms with Gasteiger partial charge >= 0.3 is 0 Å². The maximum absolute atomic E-state index is 12.3. The second-order valence-corrected chi connectivity index (χ2v) is 8.65. The number of amides is 1. The second kappa shape index (κ2) is 10.2. The van der Waals surface area contributed by atoms with Crippen LogP contribution in [0.4, 0.5) is 10.8 Å². The van der Waals surface area contributed by atoms with Crippen molar-refractivity contribution in [3.05, 3.63) is 71.9 Å². The minimum Gasteiger partial charge on any atom is -0.361 e. The topological polar surface area (TPSA) is 84.7 Å². The molecule has 0 fully saturated rings. The zero-order valence-corrected chi connectivity index (χ0v) is 18.6. The van der Waals surface area contributed by atoms with Crippen molar-refractivity contribution >= 4 is 39.8 Å². The highest BCUT2D eigenvalue weighted by atomic mass is 32.2. The third-order valence-electron chi connectivity index (χ3n) is 4.48. The Morgan fingerprint density at radius 3 is 2.58 bits per heavy atom. The lowest BCUT2D eigenvalue weighted by Crippen LogP contribution is -2.17. The largest absolute Gasteiger partial charge is 0.361 e. The van der Waals surface area contributed by atoms with Crippen LogP contribution in [0.25, 0.3) is 11.3 Å². The molecule has 1 amide bonds. The van der Waals surface area contributed by atoms with Crippen molar-refractivity contribution in [2.75, 3.05) is 22.9 Å². The molecule has 4 rings (SSSR count). The van der Waals surface area contributed by atoms with Gasteiger partial charge in [-0.25, -0.2) is 4.98 Å². The SMILES string of the molecule is Cn1c(CC(=O)Nc2ccccc2)nnc1SCCNc1nc(-c2ccccc2)cs1. The fraction of sp³-hybridized carbons (Fsp3) is 0.182. The summed E-state index contributed by atoms with van der Waals surface area (Å²) in [6, 6.07) is 19.5. The van der Waals surface area contributed by atoms with Crippen molar-refractivity contribution in [1.29, 1.82) is 0 Å². The number of nitrogens with zero attached hydrogens (tertiary/aromatic N) is 4. The van der Waals surface area contributed by atoms with Gasteiger partial charge in [-0.1, -0.05) is 60.3 Å². The Hall–Kier alpha value is -3.17. The smallest absolute Gasteiger partial charge is 0.232 e.